The van der Waals surface area contributed by atoms with Crippen molar-refractivity contribution in [2.75, 3.05) is 6.61 Å². The number of carbonyl (C=O) groups is 1. The van der Waals surface area contributed by atoms with Gasteiger partial charge in [0.2, 0.25) is 0 Å². The molecule has 0 bridgehead atoms. The first-order chi connectivity index (χ1) is 19.8. The number of rotatable bonds is 13. The second-order valence-electron chi connectivity index (χ2n) is 11.1. The first-order valence-electron chi connectivity index (χ1n) is 14.0. The summed E-state index contributed by atoms with van der Waals surface area (Å²) in [5.41, 5.74) is 2.34. The van der Waals surface area contributed by atoms with E-state index in [9.17, 15) is 4.79 Å². The van der Waals surface area contributed by atoms with E-state index in [1.54, 1.807) is 0 Å². The number of ether oxygens (including phenoxy) is 5. The number of hydrogen-bond donors (Lipinski definition) is 1. The summed E-state index contributed by atoms with van der Waals surface area (Å²) in [5, 5.41) is 0. The largest absolute Gasteiger partial charge is 0.460 e. The molecule has 1 aliphatic rings. The van der Waals surface area contributed by atoms with Gasteiger partial charge in [0.25, 0.3) is 0 Å². The summed E-state index contributed by atoms with van der Waals surface area (Å²) in [4.78, 5) is 18.1. The van der Waals surface area contributed by atoms with Crippen LogP contribution in [-0.2, 0) is 53.1 Å². The van der Waals surface area contributed by atoms with E-state index in [1.807, 2.05) is 112 Å². The Hall–Kier alpha value is -3.11. The maximum atomic E-state index is 13.0. The van der Waals surface area contributed by atoms with Crippen molar-refractivity contribution >= 4 is 5.97 Å². The second kappa shape index (κ2) is 15.2. The molecule has 8 nitrogen and oxygen atoms in total. The Labute approximate surface area is 242 Å². The molecule has 8 heteroatoms. The molecule has 41 heavy (non-hydrogen) atoms. The topological polar surface area (TPSA) is 98.5 Å². The third kappa shape index (κ3) is 9.74. The third-order valence-electron chi connectivity index (χ3n) is 6.63. The summed E-state index contributed by atoms with van der Waals surface area (Å²) in [7, 11) is 0. The SMILES string of the molecule is CC(C)(C)OC(=O)C[C@H]1OC(CON)[C@@H](OCc2ccccc2)C(OCc2ccccc2)C1OCc1ccccc1. The van der Waals surface area contributed by atoms with Gasteiger partial charge in [-0.15, -0.1) is 0 Å². The predicted octanol–water partition coefficient (Wildman–Crippen LogP) is 5.13. The lowest BCUT2D eigenvalue weighted by Crippen LogP contribution is -2.61. The predicted molar refractivity (Wildman–Crippen MR) is 154 cm³/mol. The monoisotopic (exact) mass is 563 g/mol. The van der Waals surface area contributed by atoms with Gasteiger partial charge in [-0.2, -0.15) is 0 Å². The third-order valence-corrected chi connectivity index (χ3v) is 6.63. The van der Waals surface area contributed by atoms with Crippen molar-refractivity contribution in [1.82, 2.24) is 0 Å². The molecule has 1 aliphatic heterocycles. The Balaban J connectivity index is 1.64. The highest BCUT2D eigenvalue weighted by atomic mass is 16.7. The fourth-order valence-corrected chi connectivity index (χ4v) is 4.82. The van der Waals surface area contributed by atoms with E-state index < -0.39 is 42.1 Å². The lowest BCUT2D eigenvalue weighted by Gasteiger charge is -2.46. The van der Waals surface area contributed by atoms with E-state index in [1.165, 1.54) is 0 Å². The van der Waals surface area contributed by atoms with Gasteiger partial charge in [-0.25, -0.2) is 5.90 Å². The summed E-state index contributed by atoms with van der Waals surface area (Å²) in [6.07, 6.45) is -3.20. The Morgan fingerprint density at radius 1 is 0.683 bits per heavy atom. The maximum Gasteiger partial charge on any atom is 0.309 e. The van der Waals surface area contributed by atoms with Crippen LogP contribution in [-0.4, -0.2) is 48.7 Å². The fraction of sp³-hybridized carbons (Fsp3) is 0.424. The average Bonchev–Trinajstić information content (AvgIpc) is 2.96. The minimum atomic E-state index is -0.689. The standard InChI is InChI=1S/C33H41NO7/c1-33(2,3)41-29(35)19-27-30(36-20-24-13-7-4-8-14-24)32(38-22-26-17-11-6-12-18-26)31(28(40-27)23-39-34)37-21-25-15-9-5-10-16-25/h4-18,27-28,30-32H,19-23,34H2,1-3H3/t27-,28?,30?,31-,32?/m1/s1. The molecule has 3 aromatic carbocycles. The van der Waals surface area contributed by atoms with Crippen LogP contribution in [0.5, 0.6) is 0 Å². The van der Waals surface area contributed by atoms with Gasteiger partial charge in [-0.1, -0.05) is 91.0 Å². The Morgan fingerprint density at radius 3 is 1.51 bits per heavy atom. The number of hydrogen-bond acceptors (Lipinski definition) is 8. The van der Waals surface area contributed by atoms with Gasteiger partial charge in [-0.05, 0) is 37.5 Å². The van der Waals surface area contributed by atoms with Gasteiger partial charge in [0.15, 0.2) is 0 Å². The molecule has 220 valence electrons. The minimum Gasteiger partial charge on any atom is -0.460 e. The number of benzene rings is 3. The van der Waals surface area contributed by atoms with Crippen molar-refractivity contribution in [3.05, 3.63) is 108 Å². The molecule has 0 aromatic heterocycles. The zero-order chi connectivity index (χ0) is 29.1. The first kappa shape index (κ1) is 30.8. The highest BCUT2D eigenvalue weighted by Gasteiger charge is 2.49. The molecule has 0 spiro atoms. The number of nitrogens with two attached hydrogens (primary N) is 1. The van der Waals surface area contributed by atoms with Crippen LogP contribution >= 0.6 is 0 Å². The molecular formula is C33H41NO7. The second-order valence-corrected chi connectivity index (χ2v) is 11.1. The van der Waals surface area contributed by atoms with E-state index in [0.717, 1.165) is 16.7 Å². The molecule has 4 rings (SSSR count). The highest BCUT2D eigenvalue weighted by Crippen LogP contribution is 2.32. The van der Waals surface area contributed by atoms with Crippen molar-refractivity contribution in [1.29, 1.82) is 0 Å². The van der Waals surface area contributed by atoms with Crippen molar-refractivity contribution in [2.24, 2.45) is 5.90 Å². The fourth-order valence-electron chi connectivity index (χ4n) is 4.82. The van der Waals surface area contributed by atoms with Crippen molar-refractivity contribution in [2.45, 2.75) is 83.1 Å². The quantitative estimate of drug-likeness (QED) is 0.226. The molecule has 1 heterocycles. The smallest absolute Gasteiger partial charge is 0.309 e. The van der Waals surface area contributed by atoms with Crippen molar-refractivity contribution in [3.8, 4) is 0 Å². The summed E-state index contributed by atoms with van der Waals surface area (Å²) >= 11 is 0. The van der Waals surface area contributed by atoms with Crippen molar-refractivity contribution in [3.63, 3.8) is 0 Å². The molecule has 0 amide bonds. The van der Waals surface area contributed by atoms with E-state index in [-0.39, 0.29) is 13.0 Å². The average molecular weight is 564 g/mol. The van der Waals surface area contributed by atoms with Crippen LogP contribution in [0.15, 0.2) is 91.0 Å². The molecule has 1 fully saturated rings. The van der Waals surface area contributed by atoms with Gasteiger partial charge in [0.1, 0.15) is 30.0 Å². The summed E-state index contributed by atoms with van der Waals surface area (Å²) in [6.45, 7) is 6.48. The molecule has 0 aliphatic carbocycles. The number of esters is 1. The van der Waals surface area contributed by atoms with Crippen LogP contribution < -0.4 is 5.90 Å². The van der Waals surface area contributed by atoms with Crippen LogP contribution in [0.25, 0.3) is 0 Å². The van der Waals surface area contributed by atoms with E-state index in [0.29, 0.717) is 19.8 Å². The Bertz CT molecular complexity index is 1170. The maximum absolute atomic E-state index is 13.0. The first-order valence-corrected chi connectivity index (χ1v) is 14.0. The molecule has 5 atom stereocenters. The van der Waals surface area contributed by atoms with E-state index in [4.69, 9.17) is 34.4 Å². The molecule has 0 saturated carbocycles. The zero-order valence-corrected chi connectivity index (χ0v) is 24.0. The van der Waals surface area contributed by atoms with Gasteiger partial charge in [0, 0.05) is 0 Å². The summed E-state index contributed by atoms with van der Waals surface area (Å²) in [6, 6.07) is 29.6. The van der Waals surface area contributed by atoms with E-state index in [2.05, 4.69) is 0 Å². The Morgan fingerprint density at radius 2 is 1.10 bits per heavy atom. The highest BCUT2D eigenvalue weighted by molar-refractivity contribution is 5.70. The molecule has 2 N–H and O–H groups in total. The van der Waals surface area contributed by atoms with Crippen molar-refractivity contribution < 1.29 is 33.3 Å². The number of carbonyl (C=O) groups excluding carboxylic acids is 1. The summed E-state index contributed by atoms with van der Waals surface area (Å²) in [5.74, 6) is 5.14. The summed E-state index contributed by atoms with van der Waals surface area (Å²) < 4.78 is 31.7. The van der Waals surface area contributed by atoms with E-state index >= 15 is 0 Å². The molecule has 3 unspecified atom stereocenters. The van der Waals surface area contributed by atoms with Gasteiger partial charge < -0.3 is 28.5 Å². The van der Waals surface area contributed by atoms with Crippen LogP contribution in [0.3, 0.4) is 0 Å². The molecular weight excluding hydrogens is 522 g/mol. The lowest BCUT2D eigenvalue weighted by molar-refractivity contribution is -0.273. The normalized spacial score (nSPS) is 22.8. The minimum absolute atomic E-state index is 0.0333. The van der Waals surface area contributed by atoms with Gasteiger partial charge >= 0.3 is 5.97 Å². The van der Waals surface area contributed by atoms with Crippen LogP contribution in [0.4, 0.5) is 0 Å². The Kier molecular flexibility index (Phi) is 11.4. The molecule has 0 radical (unpaired) electrons. The molecule has 3 aromatic rings. The van der Waals surface area contributed by atoms with Gasteiger partial charge in [-0.3, -0.25) is 4.79 Å². The lowest BCUT2D eigenvalue weighted by atomic mass is 9.92. The van der Waals surface area contributed by atoms with Gasteiger partial charge in [0.05, 0.1) is 39.0 Å². The zero-order valence-electron chi connectivity index (χ0n) is 24.0. The van der Waals surface area contributed by atoms with Crippen LogP contribution in [0, 0.1) is 0 Å². The van der Waals surface area contributed by atoms with Crippen LogP contribution in [0.1, 0.15) is 43.9 Å². The molecule has 1 saturated heterocycles. The van der Waals surface area contributed by atoms with Crippen LogP contribution in [0.2, 0.25) is 0 Å².